The van der Waals surface area contributed by atoms with Gasteiger partial charge in [0.05, 0.1) is 19.6 Å². The van der Waals surface area contributed by atoms with Gasteiger partial charge in [-0.15, -0.1) is 0 Å². The minimum atomic E-state index is 0.149. The number of ketones is 1. The van der Waals surface area contributed by atoms with Crippen LogP contribution >= 0.6 is 0 Å². The molecule has 2 aromatic rings. The Bertz CT molecular complexity index is 486. The summed E-state index contributed by atoms with van der Waals surface area (Å²) >= 11 is 0. The maximum atomic E-state index is 11.9. The zero-order chi connectivity index (χ0) is 12.1. The fourth-order valence-corrected chi connectivity index (χ4v) is 1.74. The third-order valence-corrected chi connectivity index (χ3v) is 2.56. The van der Waals surface area contributed by atoms with Gasteiger partial charge >= 0.3 is 0 Å². The molecule has 0 aliphatic carbocycles. The van der Waals surface area contributed by atoms with E-state index in [0.29, 0.717) is 12.8 Å². The second-order valence-corrected chi connectivity index (χ2v) is 3.84. The second-order valence-electron chi connectivity index (χ2n) is 3.84. The normalized spacial score (nSPS) is 10.2. The van der Waals surface area contributed by atoms with E-state index in [-0.39, 0.29) is 5.78 Å². The van der Waals surface area contributed by atoms with Crippen LogP contribution in [0.2, 0.25) is 0 Å². The lowest BCUT2D eigenvalue weighted by Crippen LogP contribution is -2.07. The predicted molar refractivity (Wildman–Crippen MR) is 64.1 cm³/mol. The first-order chi connectivity index (χ1) is 8.29. The number of Topliss-reactive ketones (excluding diaryl/α,β-unsaturated/α-hetero) is 1. The number of carbonyl (C=O) groups excluding carboxylic acids is 1. The van der Waals surface area contributed by atoms with Crippen LogP contribution in [0.4, 0.5) is 0 Å². The molecule has 0 aliphatic heterocycles. The lowest BCUT2D eigenvalue weighted by atomic mass is 10.0. The van der Waals surface area contributed by atoms with Gasteiger partial charge in [-0.05, 0) is 17.7 Å². The highest BCUT2D eigenvalue weighted by atomic mass is 16.5. The van der Waals surface area contributed by atoms with E-state index >= 15 is 0 Å². The number of ether oxygens (including phenoxy) is 1. The van der Waals surface area contributed by atoms with E-state index in [4.69, 9.17) is 9.15 Å². The van der Waals surface area contributed by atoms with Gasteiger partial charge in [0.15, 0.2) is 0 Å². The van der Waals surface area contributed by atoms with E-state index < -0.39 is 0 Å². The molecule has 0 radical (unpaired) electrons. The molecule has 1 aromatic heterocycles. The summed E-state index contributed by atoms with van der Waals surface area (Å²) < 4.78 is 10.1. The lowest BCUT2D eigenvalue weighted by molar-refractivity contribution is -0.117. The third-order valence-electron chi connectivity index (χ3n) is 2.56. The molecule has 0 unspecified atom stereocenters. The van der Waals surface area contributed by atoms with E-state index in [1.54, 1.807) is 25.7 Å². The van der Waals surface area contributed by atoms with E-state index in [9.17, 15) is 4.79 Å². The van der Waals surface area contributed by atoms with Crippen LogP contribution in [0.5, 0.6) is 5.75 Å². The van der Waals surface area contributed by atoms with Crippen molar-refractivity contribution in [2.75, 3.05) is 7.11 Å². The average Bonchev–Trinajstić information content (AvgIpc) is 2.82. The molecular weight excluding hydrogens is 216 g/mol. The first-order valence-corrected chi connectivity index (χ1v) is 5.44. The predicted octanol–water partition coefficient (Wildman–Crippen LogP) is 2.64. The molecule has 1 heterocycles. The first-order valence-electron chi connectivity index (χ1n) is 5.44. The smallest absolute Gasteiger partial charge is 0.141 e. The Morgan fingerprint density at radius 3 is 2.76 bits per heavy atom. The van der Waals surface area contributed by atoms with Gasteiger partial charge in [0.2, 0.25) is 0 Å². The molecule has 3 heteroatoms. The van der Waals surface area contributed by atoms with E-state index in [1.165, 1.54) is 0 Å². The summed E-state index contributed by atoms with van der Waals surface area (Å²) in [4.78, 5) is 11.9. The number of furan rings is 1. The van der Waals surface area contributed by atoms with Crippen LogP contribution in [0.1, 0.15) is 11.1 Å². The minimum Gasteiger partial charge on any atom is -0.496 e. The summed E-state index contributed by atoms with van der Waals surface area (Å²) in [6, 6.07) is 9.37. The highest BCUT2D eigenvalue weighted by molar-refractivity contribution is 5.83. The van der Waals surface area contributed by atoms with Crippen molar-refractivity contribution in [2.45, 2.75) is 12.8 Å². The standard InChI is InChI=1S/C14H14O3/c1-16-14-5-3-2-4-12(14)9-13(15)8-11-6-7-17-10-11/h2-7,10H,8-9H2,1H3. The van der Waals surface area contributed by atoms with Crippen molar-refractivity contribution in [3.05, 3.63) is 54.0 Å². The number of hydrogen-bond acceptors (Lipinski definition) is 3. The topological polar surface area (TPSA) is 39.4 Å². The summed E-state index contributed by atoms with van der Waals surface area (Å²) in [5, 5.41) is 0. The zero-order valence-corrected chi connectivity index (χ0v) is 9.68. The van der Waals surface area contributed by atoms with E-state index in [2.05, 4.69) is 0 Å². The van der Waals surface area contributed by atoms with Crippen molar-refractivity contribution in [1.29, 1.82) is 0 Å². The summed E-state index contributed by atoms with van der Waals surface area (Å²) in [5.74, 6) is 0.906. The summed E-state index contributed by atoms with van der Waals surface area (Å²) in [7, 11) is 1.61. The Balaban J connectivity index is 2.03. The van der Waals surface area contributed by atoms with Crippen LogP contribution in [0.25, 0.3) is 0 Å². The number of para-hydroxylation sites is 1. The van der Waals surface area contributed by atoms with E-state index in [1.807, 2.05) is 24.3 Å². The average molecular weight is 230 g/mol. The number of benzene rings is 1. The van der Waals surface area contributed by atoms with Gasteiger partial charge in [-0.25, -0.2) is 0 Å². The molecule has 0 N–H and O–H groups in total. The SMILES string of the molecule is COc1ccccc1CC(=O)Cc1ccoc1. The molecule has 1 aromatic carbocycles. The molecule has 0 saturated heterocycles. The van der Waals surface area contributed by atoms with Crippen LogP contribution in [-0.2, 0) is 17.6 Å². The van der Waals surface area contributed by atoms with Gasteiger partial charge < -0.3 is 9.15 Å². The van der Waals surface area contributed by atoms with Gasteiger partial charge in [0.25, 0.3) is 0 Å². The van der Waals surface area contributed by atoms with Crippen LogP contribution in [0, 0.1) is 0 Å². The Morgan fingerprint density at radius 1 is 1.24 bits per heavy atom. The molecular formula is C14H14O3. The lowest BCUT2D eigenvalue weighted by Gasteiger charge is -2.06. The number of hydrogen-bond donors (Lipinski definition) is 0. The van der Waals surface area contributed by atoms with Crippen LogP contribution < -0.4 is 4.74 Å². The van der Waals surface area contributed by atoms with Crippen molar-refractivity contribution in [3.8, 4) is 5.75 Å². The Hall–Kier alpha value is -2.03. The van der Waals surface area contributed by atoms with Gasteiger partial charge in [-0.1, -0.05) is 18.2 Å². The molecule has 0 fully saturated rings. The van der Waals surface area contributed by atoms with Gasteiger partial charge in [0, 0.05) is 18.4 Å². The Morgan fingerprint density at radius 2 is 2.06 bits per heavy atom. The minimum absolute atomic E-state index is 0.149. The van der Waals surface area contributed by atoms with Gasteiger partial charge in [-0.2, -0.15) is 0 Å². The largest absolute Gasteiger partial charge is 0.496 e. The summed E-state index contributed by atoms with van der Waals surface area (Å²) in [6.07, 6.45) is 3.95. The molecule has 0 aliphatic rings. The maximum absolute atomic E-state index is 11.9. The Kier molecular flexibility index (Phi) is 3.60. The fourth-order valence-electron chi connectivity index (χ4n) is 1.74. The monoisotopic (exact) mass is 230 g/mol. The molecule has 0 saturated carbocycles. The third kappa shape index (κ3) is 2.97. The van der Waals surface area contributed by atoms with Gasteiger partial charge in [-0.3, -0.25) is 4.79 Å². The molecule has 0 bridgehead atoms. The Labute approximate surface area is 100 Å². The summed E-state index contributed by atoms with van der Waals surface area (Å²) in [5.41, 5.74) is 1.83. The van der Waals surface area contributed by atoms with Crippen molar-refractivity contribution in [2.24, 2.45) is 0 Å². The zero-order valence-electron chi connectivity index (χ0n) is 9.68. The van der Waals surface area contributed by atoms with Crippen LogP contribution in [0.3, 0.4) is 0 Å². The molecule has 3 nitrogen and oxygen atoms in total. The fraction of sp³-hybridized carbons (Fsp3) is 0.214. The molecule has 2 rings (SSSR count). The molecule has 0 amide bonds. The van der Waals surface area contributed by atoms with Crippen molar-refractivity contribution in [3.63, 3.8) is 0 Å². The molecule has 17 heavy (non-hydrogen) atoms. The number of carbonyl (C=O) groups is 1. The van der Waals surface area contributed by atoms with Crippen molar-refractivity contribution >= 4 is 5.78 Å². The second kappa shape index (κ2) is 5.34. The first kappa shape index (κ1) is 11.5. The molecule has 88 valence electrons. The van der Waals surface area contributed by atoms with Crippen molar-refractivity contribution in [1.82, 2.24) is 0 Å². The highest BCUT2D eigenvalue weighted by Crippen LogP contribution is 2.18. The summed E-state index contributed by atoms with van der Waals surface area (Å²) in [6.45, 7) is 0. The highest BCUT2D eigenvalue weighted by Gasteiger charge is 2.09. The van der Waals surface area contributed by atoms with Gasteiger partial charge in [0.1, 0.15) is 11.5 Å². The van der Waals surface area contributed by atoms with Crippen molar-refractivity contribution < 1.29 is 13.9 Å². The van der Waals surface area contributed by atoms with Crippen LogP contribution in [0.15, 0.2) is 47.3 Å². The van der Waals surface area contributed by atoms with E-state index in [0.717, 1.165) is 16.9 Å². The number of rotatable bonds is 5. The maximum Gasteiger partial charge on any atom is 0.141 e. The molecule has 0 atom stereocenters. The molecule has 0 spiro atoms. The van der Waals surface area contributed by atoms with Crippen LogP contribution in [-0.4, -0.2) is 12.9 Å². The number of methoxy groups -OCH3 is 1. The quantitative estimate of drug-likeness (QED) is 0.792.